The molecule has 0 radical (unpaired) electrons. The molecule has 1 saturated heterocycles. The number of nitrogens with zero attached hydrogens (tertiary/aromatic N) is 1. The van der Waals surface area contributed by atoms with Crippen molar-refractivity contribution in [2.45, 2.75) is 53.1 Å². The van der Waals surface area contributed by atoms with Crippen LogP contribution in [0.1, 0.15) is 47.5 Å². The first-order valence-corrected chi connectivity index (χ1v) is 6.69. The zero-order valence-electron chi connectivity index (χ0n) is 12.2. The lowest BCUT2D eigenvalue weighted by molar-refractivity contribution is -0.122. The van der Waals surface area contributed by atoms with Crippen molar-refractivity contribution in [1.29, 1.82) is 0 Å². The molecule has 1 amide bonds. The molecule has 1 rings (SSSR count). The van der Waals surface area contributed by atoms with Gasteiger partial charge in [0.2, 0.25) is 0 Å². The Labute approximate surface area is 110 Å². The van der Waals surface area contributed by atoms with Crippen molar-refractivity contribution in [3.63, 3.8) is 0 Å². The number of ketones is 1. The zero-order chi connectivity index (χ0) is 13.9. The highest BCUT2D eigenvalue weighted by molar-refractivity contribution is 5.80. The van der Waals surface area contributed by atoms with Gasteiger partial charge in [0.1, 0.15) is 11.4 Å². The van der Waals surface area contributed by atoms with Crippen LogP contribution in [0.15, 0.2) is 0 Å². The predicted octanol–water partition coefficient (Wildman–Crippen LogP) is 2.86. The SMILES string of the molecule is CC(C)C(=O)CC1CCN(C(=O)OC(C)(C)C)C1. The molecule has 1 atom stereocenters. The lowest BCUT2D eigenvalue weighted by Gasteiger charge is -2.24. The second-order valence-corrected chi connectivity index (χ2v) is 6.41. The van der Waals surface area contributed by atoms with Crippen molar-refractivity contribution in [3.05, 3.63) is 0 Å². The third-order valence-corrected chi connectivity index (χ3v) is 3.07. The molecule has 4 nitrogen and oxygen atoms in total. The first-order chi connectivity index (χ1) is 8.19. The minimum atomic E-state index is -0.455. The van der Waals surface area contributed by atoms with Crippen LogP contribution in [0, 0.1) is 11.8 Å². The molecule has 1 aliphatic heterocycles. The minimum Gasteiger partial charge on any atom is -0.444 e. The predicted molar refractivity (Wildman–Crippen MR) is 70.4 cm³/mol. The van der Waals surface area contributed by atoms with Crippen LogP contribution in [0.4, 0.5) is 4.79 Å². The van der Waals surface area contributed by atoms with Crippen LogP contribution >= 0.6 is 0 Å². The quantitative estimate of drug-likeness (QED) is 0.779. The topological polar surface area (TPSA) is 46.6 Å². The summed E-state index contributed by atoms with van der Waals surface area (Å²) in [5.41, 5.74) is -0.455. The summed E-state index contributed by atoms with van der Waals surface area (Å²) in [4.78, 5) is 25.2. The molecule has 1 unspecified atom stereocenters. The molecule has 1 aliphatic rings. The number of rotatable bonds is 3. The number of hydrogen-bond acceptors (Lipinski definition) is 3. The Hall–Kier alpha value is -1.06. The number of carbonyl (C=O) groups excluding carboxylic acids is 2. The Balaban J connectivity index is 2.42. The van der Waals surface area contributed by atoms with E-state index in [2.05, 4.69) is 0 Å². The van der Waals surface area contributed by atoms with Crippen molar-refractivity contribution in [2.24, 2.45) is 11.8 Å². The fraction of sp³-hybridized carbons (Fsp3) is 0.857. The lowest BCUT2D eigenvalue weighted by atomic mass is 9.96. The molecular formula is C14H25NO3. The van der Waals surface area contributed by atoms with Crippen molar-refractivity contribution in [2.75, 3.05) is 13.1 Å². The monoisotopic (exact) mass is 255 g/mol. The molecule has 1 heterocycles. The minimum absolute atomic E-state index is 0.0839. The number of likely N-dealkylation sites (tertiary alicyclic amines) is 1. The van der Waals surface area contributed by atoms with Crippen molar-refractivity contribution >= 4 is 11.9 Å². The fourth-order valence-corrected chi connectivity index (χ4v) is 2.01. The van der Waals surface area contributed by atoms with Crippen molar-refractivity contribution in [1.82, 2.24) is 4.90 Å². The molecule has 0 aromatic heterocycles. The van der Waals surface area contributed by atoms with Gasteiger partial charge in [0.15, 0.2) is 0 Å². The van der Waals surface area contributed by atoms with Gasteiger partial charge in [-0.1, -0.05) is 13.8 Å². The molecule has 0 N–H and O–H groups in total. The highest BCUT2D eigenvalue weighted by atomic mass is 16.6. The van der Waals surface area contributed by atoms with E-state index < -0.39 is 5.60 Å². The summed E-state index contributed by atoms with van der Waals surface area (Å²) in [5, 5.41) is 0. The van der Waals surface area contributed by atoms with E-state index in [1.807, 2.05) is 34.6 Å². The first-order valence-electron chi connectivity index (χ1n) is 6.69. The van der Waals surface area contributed by atoms with Gasteiger partial charge in [-0.3, -0.25) is 4.79 Å². The number of carbonyl (C=O) groups is 2. The van der Waals surface area contributed by atoms with Crippen LogP contribution < -0.4 is 0 Å². The maximum atomic E-state index is 11.8. The molecule has 0 aromatic rings. The summed E-state index contributed by atoms with van der Waals surface area (Å²) >= 11 is 0. The maximum absolute atomic E-state index is 11.8. The van der Waals surface area contributed by atoms with Crippen LogP contribution in [-0.4, -0.2) is 35.5 Å². The largest absolute Gasteiger partial charge is 0.444 e. The highest BCUT2D eigenvalue weighted by Gasteiger charge is 2.30. The molecular weight excluding hydrogens is 230 g/mol. The third-order valence-electron chi connectivity index (χ3n) is 3.07. The molecule has 0 aromatic carbocycles. The van der Waals surface area contributed by atoms with E-state index in [-0.39, 0.29) is 17.8 Å². The van der Waals surface area contributed by atoms with Gasteiger partial charge in [-0.05, 0) is 33.1 Å². The second kappa shape index (κ2) is 5.72. The van der Waals surface area contributed by atoms with E-state index in [9.17, 15) is 9.59 Å². The van der Waals surface area contributed by atoms with Gasteiger partial charge in [0.25, 0.3) is 0 Å². The van der Waals surface area contributed by atoms with Crippen LogP contribution in [0.25, 0.3) is 0 Å². The molecule has 18 heavy (non-hydrogen) atoms. The van der Waals surface area contributed by atoms with E-state index in [4.69, 9.17) is 4.74 Å². The molecule has 0 aliphatic carbocycles. The zero-order valence-corrected chi connectivity index (χ0v) is 12.2. The smallest absolute Gasteiger partial charge is 0.410 e. The molecule has 0 bridgehead atoms. The summed E-state index contributed by atoms with van der Waals surface area (Å²) < 4.78 is 5.32. The van der Waals surface area contributed by atoms with Crippen LogP contribution in [0.2, 0.25) is 0 Å². The Morgan fingerprint density at radius 1 is 1.33 bits per heavy atom. The van der Waals surface area contributed by atoms with E-state index in [0.29, 0.717) is 25.4 Å². The molecule has 0 spiro atoms. The third kappa shape index (κ3) is 4.67. The molecule has 0 saturated carbocycles. The summed E-state index contributed by atoms with van der Waals surface area (Å²) in [6.45, 7) is 10.8. The van der Waals surface area contributed by atoms with Crippen molar-refractivity contribution < 1.29 is 14.3 Å². The van der Waals surface area contributed by atoms with E-state index in [1.165, 1.54) is 0 Å². The van der Waals surface area contributed by atoms with Gasteiger partial charge < -0.3 is 9.64 Å². The normalized spacial score (nSPS) is 20.3. The Morgan fingerprint density at radius 3 is 2.44 bits per heavy atom. The van der Waals surface area contributed by atoms with Crippen molar-refractivity contribution in [3.8, 4) is 0 Å². The van der Waals surface area contributed by atoms with Gasteiger partial charge >= 0.3 is 6.09 Å². The number of amides is 1. The van der Waals surface area contributed by atoms with E-state index in [1.54, 1.807) is 4.90 Å². The van der Waals surface area contributed by atoms with E-state index >= 15 is 0 Å². The lowest BCUT2D eigenvalue weighted by Crippen LogP contribution is -2.35. The first kappa shape index (κ1) is 15.0. The fourth-order valence-electron chi connectivity index (χ4n) is 2.01. The average molecular weight is 255 g/mol. The number of ether oxygens (including phenoxy) is 1. The van der Waals surface area contributed by atoms with Crippen LogP contribution in [0.3, 0.4) is 0 Å². The van der Waals surface area contributed by atoms with Crippen LogP contribution in [-0.2, 0) is 9.53 Å². The van der Waals surface area contributed by atoms with E-state index in [0.717, 1.165) is 6.42 Å². The average Bonchev–Trinajstić information content (AvgIpc) is 2.63. The maximum Gasteiger partial charge on any atom is 0.410 e. The second-order valence-electron chi connectivity index (χ2n) is 6.41. The molecule has 104 valence electrons. The van der Waals surface area contributed by atoms with Gasteiger partial charge in [-0.2, -0.15) is 0 Å². The van der Waals surface area contributed by atoms with Gasteiger partial charge in [0.05, 0.1) is 0 Å². The van der Waals surface area contributed by atoms with Gasteiger partial charge in [-0.15, -0.1) is 0 Å². The van der Waals surface area contributed by atoms with Crippen LogP contribution in [0.5, 0.6) is 0 Å². The Kier molecular flexibility index (Phi) is 4.77. The summed E-state index contributed by atoms with van der Waals surface area (Å²) in [7, 11) is 0. The van der Waals surface area contributed by atoms with Gasteiger partial charge in [-0.25, -0.2) is 4.79 Å². The number of Topliss-reactive ketones (excluding diaryl/α,β-unsaturated/α-hetero) is 1. The Bertz CT molecular complexity index is 317. The molecule has 1 fully saturated rings. The number of hydrogen-bond donors (Lipinski definition) is 0. The van der Waals surface area contributed by atoms with Gasteiger partial charge in [0, 0.05) is 25.4 Å². The highest BCUT2D eigenvalue weighted by Crippen LogP contribution is 2.23. The molecule has 4 heteroatoms. The summed E-state index contributed by atoms with van der Waals surface area (Å²) in [5.74, 6) is 0.666. The Morgan fingerprint density at radius 2 is 1.94 bits per heavy atom. The standard InChI is InChI=1S/C14H25NO3/c1-10(2)12(16)8-11-6-7-15(9-11)13(17)18-14(3,4)5/h10-11H,6-9H2,1-5H3. The summed E-state index contributed by atoms with van der Waals surface area (Å²) in [6, 6.07) is 0. The summed E-state index contributed by atoms with van der Waals surface area (Å²) in [6.07, 6.45) is 1.22.